The highest BCUT2D eigenvalue weighted by atomic mass is 16.5. The van der Waals surface area contributed by atoms with Crippen molar-refractivity contribution in [3.05, 3.63) is 36.4 Å². The van der Waals surface area contributed by atoms with E-state index in [1.165, 1.54) is 0 Å². The van der Waals surface area contributed by atoms with Crippen molar-refractivity contribution in [2.24, 2.45) is 5.73 Å². The average molecular weight is 235 g/mol. The summed E-state index contributed by atoms with van der Waals surface area (Å²) in [5, 5.41) is 0. The van der Waals surface area contributed by atoms with Crippen molar-refractivity contribution < 1.29 is 9.47 Å². The fraction of sp³-hybridized carbons (Fsp3) is 0.429. The quantitative estimate of drug-likeness (QED) is 0.583. The van der Waals surface area contributed by atoms with Gasteiger partial charge in [-0.3, -0.25) is 0 Å². The third-order valence-electron chi connectivity index (χ3n) is 2.52. The Morgan fingerprint density at radius 2 is 2.18 bits per heavy atom. The zero-order valence-corrected chi connectivity index (χ0v) is 10.6. The molecule has 0 spiro atoms. The molecule has 3 heteroatoms. The molecule has 0 bridgehead atoms. The molecule has 0 aliphatic carbocycles. The van der Waals surface area contributed by atoms with Gasteiger partial charge in [0.2, 0.25) is 0 Å². The molecule has 1 unspecified atom stereocenters. The fourth-order valence-corrected chi connectivity index (χ4v) is 1.50. The lowest BCUT2D eigenvalue weighted by Gasteiger charge is -2.13. The summed E-state index contributed by atoms with van der Waals surface area (Å²) in [6, 6.07) is 5.80. The lowest BCUT2D eigenvalue weighted by Crippen LogP contribution is -2.06. The summed E-state index contributed by atoms with van der Waals surface area (Å²) in [5.74, 6) is 1.50. The van der Waals surface area contributed by atoms with E-state index in [1.807, 2.05) is 31.2 Å². The molecule has 94 valence electrons. The Labute approximate surface area is 103 Å². The topological polar surface area (TPSA) is 44.5 Å². The lowest BCUT2D eigenvalue weighted by molar-refractivity contribution is 0.290. The van der Waals surface area contributed by atoms with Gasteiger partial charge in [-0.15, -0.1) is 6.58 Å². The third-order valence-corrected chi connectivity index (χ3v) is 2.52. The van der Waals surface area contributed by atoms with Crippen molar-refractivity contribution in [1.29, 1.82) is 0 Å². The van der Waals surface area contributed by atoms with E-state index in [9.17, 15) is 0 Å². The first-order valence-electron chi connectivity index (χ1n) is 5.86. The number of unbranched alkanes of at least 4 members (excludes halogenated alkanes) is 1. The van der Waals surface area contributed by atoms with Crippen LogP contribution in [0, 0.1) is 0 Å². The molecule has 1 aromatic rings. The molecule has 17 heavy (non-hydrogen) atoms. The number of hydrogen-bond acceptors (Lipinski definition) is 3. The number of methoxy groups -OCH3 is 1. The number of ether oxygens (including phenoxy) is 2. The molecule has 0 amide bonds. The SMILES string of the molecule is C=CCCCOc1ccc(C(C)N)cc1OC. The molecule has 0 saturated carbocycles. The van der Waals surface area contributed by atoms with Gasteiger partial charge in [-0.05, 0) is 37.5 Å². The largest absolute Gasteiger partial charge is 0.493 e. The van der Waals surface area contributed by atoms with Crippen LogP contribution in [-0.4, -0.2) is 13.7 Å². The molecule has 1 aromatic carbocycles. The first-order chi connectivity index (χ1) is 8.19. The van der Waals surface area contributed by atoms with E-state index in [2.05, 4.69) is 6.58 Å². The molecule has 0 heterocycles. The van der Waals surface area contributed by atoms with Gasteiger partial charge in [0.25, 0.3) is 0 Å². The van der Waals surface area contributed by atoms with Gasteiger partial charge in [-0.1, -0.05) is 12.1 Å². The third kappa shape index (κ3) is 4.11. The Morgan fingerprint density at radius 3 is 2.76 bits per heavy atom. The Morgan fingerprint density at radius 1 is 1.41 bits per heavy atom. The van der Waals surface area contributed by atoms with E-state index < -0.39 is 0 Å². The van der Waals surface area contributed by atoms with Gasteiger partial charge in [0.05, 0.1) is 13.7 Å². The van der Waals surface area contributed by atoms with E-state index in [1.54, 1.807) is 7.11 Å². The Kier molecular flexibility index (Phi) is 5.57. The van der Waals surface area contributed by atoms with E-state index in [0.29, 0.717) is 6.61 Å². The number of rotatable bonds is 7. The van der Waals surface area contributed by atoms with Crippen LogP contribution in [0.2, 0.25) is 0 Å². The second-order valence-corrected chi connectivity index (χ2v) is 3.98. The maximum Gasteiger partial charge on any atom is 0.161 e. The maximum atomic E-state index is 5.82. The summed E-state index contributed by atoms with van der Waals surface area (Å²) >= 11 is 0. The van der Waals surface area contributed by atoms with Crippen molar-refractivity contribution in [3.63, 3.8) is 0 Å². The monoisotopic (exact) mass is 235 g/mol. The van der Waals surface area contributed by atoms with Gasteiger partial charge in [-0.25, -0.2) is 0 Å². The van der Waals surface area contributed by atoms with Crippen molar-refractivity contribution in [1.82, 2.24) is 0 Å². The highest BCUT2D eigenvalue weighted by Crippen LogP contribution is 2.29. The standard InChI is InChI=1S/C14H21NO2/c1-4-5-6-9-17-13-8-7-12(11(2)15)10-14(13)16-3/h4,7-8,10-11H,1,5-6,9,15H2,2-3H3. The second kappa shape index (κ2) is 6.97. The van der Waals surface area contributed by atoms with Gasteiger partial charge in [0.15, 0.2) is 11.5 Å². The predicted octanol–water partition coefficient (Wildman–Crippen LogP) is 3.06. The molecular weight excluding hydrogens is 214 g/mol. The van der Waals surface area contributed by atoms with Crippen LogP contribution >= 0.6 is 0 Å². The van der Waals surface area contributed by atoms with E-state index >= 15 is 0 Å². The summed E-state index contributed by atoms with van der Waals surface area (Å²) in [4.78, 5) is 0. The number of hydrogen-bond donors (Lipinski definition) is 1. The first kappa shape index (κ1) is 13.6. The molecule has 0 saturated heterocycles. The molecule has 0 radical (unpaired) electrons. The smallest absolute Gasteiger partial charge is 0.161 e. The van der Waals surface area contributed by atoms with Crippen molar-refractivity contribution in [2.75, 3.05) is 13.7 Å². The van der Waals surface area contributed by atoms with Gasteiger partial charge in [-0.2, -0.15) is 0 Å². The van der Waals surface area contributed by atoms with Crippen LogP contribution in [0.4, 0.5) is 0 Å². The fourth-order valence-electron chi connectivity index (χ4n) is 1.50. The molecule has 1 rings (SSSR count). The number of benzene rings is 1. The van der Waals surface area contributed by atoms with Crippen molar-refractivity contribution in [3.8, 4) is 11.5 Å². The molecular formula is C14H21NO2. The Bertz CT molecular complexity index is 361. The zero-order chi connectivity index (χ0) is 12.7. The van der Waals surface area contributed by atoms with Crippen LogP contribution in [0.3, 0.4) is 0 Å². The minimum absolute atomic E-state index is 0.00119. The summed E-state index contributed by atoms with van der Waals surface area (Å²) < 4.78 is 10.9. The van der Waals surface area contributed by atoms with Crippen LogP contribution in [0.5, 0.6) is 11.5 Å². The zero-order valence-electron chi connectivity index (χ0n) is 10.6. The van der Waals surface area contributed by atoms with E-state index in [-0.39, 0.29) is 6.04 Å². The van der Waals surface area contributed by atoms with Crippen LogP contribution in [-0.2, 0) is 0 Å². The number of nitrogens with two attached hydrogens (primary N) is 1. The second-order valence-electron chi connectivity index (χ2n) is 3.98. The minimum Gasteiger partial charge on any atom is -0.493 e. The lowest BCUT2D eigenvalue weighted by atomic mass is 10.1. The highest BCUT2D eigenvalue weighted by molar-refractivity contribution is 5.43. The minimum atomic E-state index is -0.00119. The molecule has 1 atom stereocenters. The van der Waals surface area contributed by atoms with Gasteiger partial charge < -0.3 is 15.2 Å². The van der Waals surface area contributed by atoms with Crippen molar-refractivity contribution in [2.45, 2.75) is 25.8 Å². The summed E-state index contributed by atoms with van der Waals surface area (Å²) in [7, 11) is 1.64. The summed E-state index contributed by atoms with van der Waals surface area (Å²) in [6.45, 7) is 6.29. The van der Waals surface area contributed by atoms with E-state index in [4.69, 9.17) is 15.2 Å². The molecule has 0 fully saturated rings. The normalized spacial score (nSPS) is 11.9. The number of allylic oxidation sites excluding steroid dienone is 1. The maximum absolute atomic E-state index is 5.82. The summed E-state index contributed by atoms with van der Waals surface area (Å²) in [5.41, 5.74) is 6.86. The first-order valence-corrected chi connectivity index (χ1v) is 5.86. The molecule has 3 nitrogen and oxygen atoms in total. The molecule has 2 N–H and O–H groups in total. The molecule has 0 aliphatic heterocycles. The van der Waals surface area contributed by atoms with Crippen LogP contribution in [0.15, 0.2) is 30.9 Å². The van der Waals surface area contributed by atoms with Gasteiger partial charge in [0.1, 0.15) is 0 Å². The average Bonchev–Trinajstić information content (AvgIpc) is 2.34. The van der Waals surface area contributed by atoms with Crippen LogP contribution in [0.25, 0.3) is 0 Å². The van der Waals surface area contributed by atoms with E-state index in [0.717, 1.165) is 29.9 Å². The molecule has 0 aromatic heterocycles. The predicted molar refractivity (Wildman–Crippen MR) is 70.5 cm³/mol. The Hall–Kier alpha value is -1.48. The molecule has 0 aliphatic rings. The summed E-state index contributed by atoms with van der Waals surface area (Å²) in [6.07, 6.45) is 3.81. The van der Waals surface area contributed by atoms with Gasteiger partial charge >= 0.3 is 0 Å². The van der Waals surface area contributed by atoms with Crippen molar-refractivity contribution >= 4 is 0 Å². The van der Waals surface area contributed by atoms with Crippen LogP contribution < -0.4 is 15.2 Å². The Balaban J connectivity index is 2.68. The highest BCUT2D eigenvalue weighted by Gasteiger charge is 2.07. The van der Waals surface area contributed by atoms with Crippen LogP contribution in [0.1, 0.15) is 31.4 Å². The van der Waals surface area contributed by atoms with Gasteiger partial charge in [0, 0.05) is 6.04 Å².